The van der Waals surface area contributed by atoms with Crippen LogP contribution in [0.3, 0.4) is 0 Å². The molecule has 1 heterocycles. The molecule has 4 heteroatoms. The summed E-state index contributed by atoms with van der Waals surface area (Å²) in [5.74, 6) is 0.0431. The van der Waals surface area contributed by atoms with E-state index in [4.69, 9.17) is 0 Å². The van der Waals surface area contributed by atoms with Crippen LogP contribution in [0.4, 0.5) is 5.69 Å². The third kappa shape index (κ3) is 1.62. The van der Waals surface area contributed by atoms with Crippen molar-refractivity contribution in [3.8, 4) is 0 Å². The van der Waals surface area contributed by atoms with Gasteiger partial charge in [-0.1, -0.05) is 35.8 Å². The second-order valence-electron chi connectivity index (χ2n) is 4.51. The molecule has 0 atom stereocenters. The first-order chi connectivity index (χ1) is 8.62. The number of amides is 1. The Kier molecular flexibility index (Phi) is 3.57. The van der Waals surface area contributed by atoms with E-state index in [9.17, 15) is 9.59 Å². The molecule has 0 radical (unpaired) electrons. The topological polar surface area (TPSA) is 37.4 Å². The number of hydrogen-bond acceptors (Lipinski definition) is 2. The maximum Gasteiger partial charge on any atom is 0.238 e. The molecule has 3 nitrogen and oxygen atoms in total. The average molecular weight is 310 g/mol. The van der Waals surface area contributed by atoms with Crippen LogP contribution in [-0.4, -0.2) is 18.7 Å². The molecule has 18 heavy (non-hydrogen) atoms. The zero-order valence-electron chi connectivity index (χ0n) is 10.6. The number of fused-ring (bicyclic) bond motifs is 1. The van der Waals surface area contributed by atoms with Crippen LogP contribution in [0.15, 0.2) is 22.7 Å². The predicted molar refractivity (Wildman–Crippen MR) is 74.8 cm³/mol. The molecule has 1 aromatic rings. The van der Waals surface area contributed by atoms with Gasteiger partial charge in [-0.15, -0.1) is 0 Å². The van der Waals surface area contributed by atoms with Gasteiger partial charge in [0, 0.05) is 15.7 Å². The fourth-order valence-corrected chi connectivity index (χ4v) is 3.58. The molecule has 0 saturated carbocycles. The molecule has 1 aliphatic rings. The van der Waals surface area contributed by atoms with E-state index in [1.165, 1.54) is 0 Å². The zero-order valence-corrected chi connectivity index (χ0v) is 12.2. The number of carbonyl (C=O) groups is 2. The molecule has 0 spiro atoms. The maximum atomic E-state index is 12.6. The Labute approximate surface area is 115 Å². The second kappa shape index (κ2) is 4.84. The summed E-state index contributed by atoms with van der Waals surface area (Å²) in [5.41, 5.74) is 1.41. The SMILES string of the molecule is CCC1(CC)C(=O)N(CC=O)c2cccc(Br)c21. The van der Waals surface area contributed by atoms with Gasteiger partial charge in [-0.3, -0.25) is 4.79 Å². The first kappa shape index (κ1) is 13.3. The van der Waals surface area contributed by atoms with E-state index in [1.807, 2.05) is 32.0 Å². The number of hydrogen-bond donors (Lipinski definition) is 0. The Balaban J connectivity index is 2.68. The third-order valence-corrected chi connectivity index (χ3v) is 4.54. The van der Waals surface area contributed by atoms with Crippen molar-refractivity contribution in [3.05, 3.63) is 28.2 Å². The summed E-state index contributed by atoms with van der Waals surface area (Å²) in [5, 5.41) is 0. The molecule has 2 rings (SSSR count). The smallest absolute Gasteiger partial charge is 0.238 e. The van der Waals surface area contributed by atoms with E-state index in [0.29, 0.717) is 0 Å². The molecule has 0 fully saturated rings. The molecule has 0 aromatic heterocycles. The first-order valence-electron chi connectivity index (χ1n) is 6.17. The Hall–Kier alpha value is -1.16. The Bertz CT molecular complexity index is 495. The lowest BCUT2D eigenvalue weighted by Gasteiger charge is -2.26. The van der Waals surface area contributed by atoms with E-state index in [1.54, 1.807) is 4.90 Å². The minimum Gasteiger partial charge on any atom is -0.304 e. The molecule has 0 saturated heterocycles. The Morgan fingerprint density at radius 1 is 1.33 bits per heavy atom. The normalized spacial score (nSPS) is 16.8. The van der Waals surface area contributed by atoms with Gasteiger partial charge in [0.05, 0.1) is 12.0 Å². The number of rotatable bonds is 4. The summed E-state index contributed by atoms with van der Waals surface area (Å²) in [6.07, 6.45) is 2.27. The van der Waals surface area contributed by atoms with Crippen molar-refractivity contribution in [2.45, 2.75) is 32.1 Å². The maximum absolute atomic E-state index is 12.6. The summed E-state index contributed by atoms with van der Waals surface area (Å²) < 4.78 is 0.949. The highest BCUT2D eigenvalue weighted by Gasteiger charge is 2.49. The van der Waals surface area contributed by atoms with E-state index >= 15 is 0 Å². The molecule has 1 aromatic carbocycles. The molecule has 96 valence electrons. The number of carbonyl (C=O) groups excluding carboxylic acids is 2. The molecule has 1 aliphatic heterocycles. The highest BCUT2D eigenvalue weighted by molar-refractivity contribution is 9.10. The summed E-state index contributed by atoms with van der Waals surface area (Å²) in [4.78, 5) is 25.0. The van der Waals surface area contributed by atoms with Crippen LogP contribution < -0.4 is 4.90 Å². The van der Waals surface area contributed by atoms with E-state index in [-0.39, 0.29) is 12.5 Å². The lowest BCUT2D eigenvalue weighted by Crippen LogP contribution is -2.40. The van der Waals surface area contributed by atoms with E-state index in [0.717, 1.165) is 34.9 Å². The first-order valence-corrected chi connectivity index (χ1v) is 6.96. The van der Waals surface area contributed by atoms with Crippen molar-refractivity contribution in [1.82, 2.24) is 0 Å². The standard InChI is InChI=1S/C14H16BrNO2/c1-3-14(4-2)12-10(15)6-5-7-11(12)16(8-9-17)13(14)18/h5-7,9H,3-4,8H2,1-2H3. The van der Waals surface area contributed by atoms with Gasteiger partial charge in [0.15, 0.2) is 0 Å². The van der Waals surface area contributed by atoms with Crippen molar-refractivity contribution in [1.29, 1.82) is 0 Å². The monoisotopic (exact) mass is 309 g/mol. The second-order valence-corrected chi connectivity index (χ2v) is 5.36. The van der Waals surface area contributed by atoms with Gasteiger partial charge in [0.1, 0.15) is 6.29 Å². The summed E-state index contributed by atoms with van der Waals surface area (Å²) >= 11 is 3.54. The van der Waals surface area contributed by atoms with Crippen molar-refractivity contribution >= 4 is 33.8 Å². The largest absolute Gasteiger partial charge is 0.304 e. The molecular formula is C14H16BrNO2. The number of aldehydes is 1. The highest BCUT2D eigenvalue weighted by atomic mass is 79.9. The quantitative estimate of drug-likeness (QED) is 0.802. The molecule has 0 unspecified atom stereocenters. The van der Waals surface area contributed by atoms with Gasteiger partial charge >= 0.3 is 0 Å². The number of nitrogens with zero attached hydrogens (tertiary/aromatic N) is 1. The number of benzene rings is 1. The van der Waals surface area contributed by atoms with Gasteiger partial charge in [-0.2, -0.15) is 0 Å². The van der Waals surface area contributed by atoms with Gasteiger partial charge in [0.25, 0.3) is 0 Å². The third-order valence-electron chi connectivity index (χ3n) is 3.88. The lowest BCUT2D eigenvalue weighted by atomic mass is 9.77. The van der Waals surface area contributed by atoms with Gasteiger partial charge < -0.3 is 9.69 Å². The molecule has 1 amide bonds. The van der Waals surface area contributed by atoms with Crippen LogP contribution in [0, 0.1) is 0 Å². The molecule has 0 N–H and O–H groups in total. The van der Waals surface area contributed by atoms with Gasteiger partial charge in [-0.25, -0.2) is 0 Å². The fraction of sp³-hybridized carbons (Fsp3) is 0.429. The van der Waals surface area contributed by atoms with Crippen LogP contribution >= 0.6 is 15.9 Å². The molecular weight excluding hydrogens is 294 g/mol. The fourth-order valence-electron chi connectivity index (χ4n) is 2.85. The summed E-state index contributed by atoms with van der Waals surface area (Å²) in [7, 11) is 0. The van der Waals surface area contributed by atoms with Crippen LogP contribution in [-0.2, 0) is 15.0 Å². The van der Waals surface area contributed by atoms with Crippen molar-refractivity contribution in [2.24, 2.45) is 0 Å². The van der Waals surface area contributed by atoms with Crippen LogP contribution in [0.25, 0.3) is 0 Å². The number of halogens is 1. The zero-order chi connectivity index (χ0) is 13.3. The lowest BCUT2D eigenvalue weighted by molar-refractivity contribution is -0.124. The number of anilines is 1. The van der Waals surface area contributed by atoms with E-state index in [2.05, 4.69) is 15.9 Å². The summed E-state index contributed by atoms with van der Waals surface area (Å²) in [6.45, 7) is 4.17. The van der Waals surface area contributed by atoms with Crippen LogP contribution in [0.2, 0.25) is 0 Å². The highest BCUT2D eigenvalue weighted by Crippen LogP contribution is 2.49. The minimum atomic E-state index is -0.488. The van der Waals surface area contributed by atoms with Crippen molar-refractivity contribution in [3.63, 3.8) is 0 Å². The molecule has 0 aliphatic carbocycles. The minimum absolute atomic E-state index is 0.0431. The van der Waals surface area contributed by atoms with E-state index < -0.39 is 5.41 Å². The van der Waals surface area contributed by atoms with Gasteiger partial charge in [0.2, 0.25) is 5.91 Å². The van der Waals surface area contributed by atoms with Crippen LogP contribution in [0.5, 0.6) is 0 Å². The Morgan fingerprint density at radius 3 is 2.56 bits per heavy atom. The predicted octanol–water partition coefficient (Wildman–Crippen LogP) is 3.05. The van der Waals surface area contributed by atoms with Crippen molar-refractivity contribution < 1.29 is 9.59 Å². The Morgan fingerprint density at radius 2 is 2.00 bits per heavy atom. The summed E-state index contributed by atoms with van der Waals surface area (Å²) in [6, 6.07) is 5.76. The van der Waals surface area contributed by atoms with Crippen molar-refractivity contribution in [2.75, 3.05) is 11.4 Å². The van der Waals surface area contributed by atoms with Crippen LogP contribution in [0.1, 0.15) is 32.3 Å². The molecule has 0 bridgehead atoms. The van der Waals surface area contributed by atoms with Gasteiger partial charge in [-0.05, 0) is 25.0 Å². The average Bonchev–Trinajstić information content (AvgIpc) is 2.62.